The lowest BCUT2D eigenvalue weighted by molar-refractivity contribution is -0.153. The number of rotatable bonds is 3. The molecule has 25 heavy (non-hydrogen) atoms. The highest BCUT2D eigenvalue weighted by Crippen LogP contribution is 2.24. The zero-order chi connectivity index (χ0) is 18.8. The van der Waals surface area contributed by atoms with Crippen molar-refractivity contribution in [2.24, 2.45) is 0 Å². The van der Waals surface area contributed by atoms with E-state index in [2.05, 4.69) is 5.32 Å². The largest absolute Gasteiger partial charge is 0.401 e. The van der Waals surface area contributed by atoms with Crippen molar-refractivity contribution in [3.63, 3.8) is 0 Å². The summed E-state index contributed by atoms with van der Waals surface area (Å²) < 4.78 is 60.6. The van der Waals surface area contributed by atoms with E-state index in [0.29, 0.717) is 25.7 Å². The molecule has 0 bridgehead atoms. The molecular formula is C15H26F3N3O3S. The van der Waals surface area contributed by atoms with Crippen LogP contribution in [0.4, 0.5) is 18.0 Å². The number of nitrogens with one attached hydrogen (secondary N) is 1. The van der Waals surface area contributed by atoms with Gasteiger partial charge in [0.25, 0.3) is 0 Å². The minimum absolute atomic E-state index is 0.0750. The van der Waals surface area contributed by atoms with Crippen molar-refractivity contribution in [2.45, 2.75) is 56.1 Å². The Balaban J connectivity index is 1.79. The van der Waals surface area contributed by atoms with Crippen LogP contribution in [0.3, 0.4) is 0 Å². The number of piperazine rings is 1. The predicted molar refractivity (Wildman–Crippen MR) is 88.1 cm³/mol. The van der Waals surface area contributed by atoms with Crippen LogP contribution in [0.5, 0.6) is 0 Å². The summed E-state index contributed by atoms with van der Waals surface area (Å²) in [4.78, 5) is 15.2. The second-order valence-corrected chi connectivity index (χ2v) is 9.46. The van der Waals surface area contributed by atoms with Crippen molar-refractivity contribution in [3.8, 4) is 0 Å². The van der Waals surface area contributed by atoms with Gasteiger partial charge in [0, 0.05) is 38.0 Å². The van der Waals surface area contributed by atoms with E-state index in [1.54, 1.807) is 11.8 Å². The Morgan fingerprint density at radius 3 is 2.24 bits per heavy atom. The maximum atomic E-state index is 12.5. The minimum atomic E-state index is -4.24. The standard InChI is InChI=1S/C15H26F3N3O3S/c1-11-9-20(7-8-21(11)10-15(16,17)18)14(22)19-12-3-5-13(6-4-12)25(2,23)24/h11-13H,3-10H2,1-2H3,(H,19,22). The summed E-state index contributed by atoms with van der Waals surface area (Å²) >= 11 is 0. The van der Waals surface area contributed by atoms with Crippen LogP contribution in [0, 0.1) is 0 Å². The number of urea groups is 1. The average Bonchev–Trinajstić information content (AvgIpc) is 2.47. The predicted octanol–water partition coefficient (Wildman–Crippen LogP) is 1.62. The molecule has 2 aliphatic rings. The Kier molecular flexibility index (Phi) is 6.24. The lowest BCUT2D eigenvalue weighted by Crippen LogP contribution is -2.58. The fourth-order valence-corrected chi connectivity index (χ4v) is 4.67. The number of sulfone groups is 1. The number of hydrogen-bond donors (Lipinski definition) is 1. The first-order valence-electron chi connectivity index (χ1n) is 8.51. The zero-order valence-corrected chi connectivity index (χ0v) is 15.4. The molecule has 6 nitrogen and oxygen atoms in total. The van der Waals surface area contributed by atoms with Gasteiger partial charge in [-0.05, 0) is 32.6 Å². The second-order valence-electron chi connectivity index (χ2n) is 7.13. The third-order valence-corrected chi connectivity index (χ3v) is 6.72. The summed E-state index contributed by atoms with van der Waals surface area (Å²) in [5, 5.41) is 2.55. The number of halogens is 3. The molecule has 0 aromatic heterocycles. The van der Waals surface area contributed by atoms with Crippen molar-refractivity contribution in [3.05, 3.63) is 0 Å². The molecule has 1 heterocycles. The zero-order valence-electron chi connectivity index (χ0n) is 14.6. The molecule has 1 unspecified atom stereocenters. The molecule has 146 valence electrons. The fourth-order valence-electron chi connectivity index (χ4n) is 3.55. The SMILES string of the molecule is CC1CN(C(=O)NC2CCC(S(C)(=O)=O)CC2)CCN1CC(F)(F)F. The first kappa shape index (κ1) is 20.3. The molecule has 2 fully saturated rings. The van der Waals surface area contributed by atoms with Gasteiger partial charge in [0.15, 0.2) is 0 Å². The van der Waals surface area contributed by atoms with Crippen LogP contribution in [-0.2, 0) is 9.84 Å². The Morgan fingerprint density at radius 1 is 1.16 bits per heavy atom. The van der Waals surface area contributed by atoms with Crippen molar-refractivity contribution < 1.29 is 26.4 Å². The minimum Gasteiger partial charge on any atom is -0.335 e. The highest BCUT2D eigenvalue weighted by atomic mass is 32.2. The molecular weight excluding hydrogens is 359 g/mol. The highest BCUT2D eigenvalue weighted by molar-refractivity contribution is 7.91. The molecule has 0 aromatic rings. The maximum Gasteiger partial charge on any atom is 0.401 e. The molecule has 1 aliphatic heterocycles. The fraction of sp³-hybridized carbons (Fsp3) is 0.933. The number of nitrogens with zero attached hydrogens (tertiary/aromatic N) is 2. The quantitative estimate of drug-likeness (QED) is 0.802. The third-order valence-electron chi connectivity index (χ3n) is 5.04. The monoisotopic (exact) mass is 385 g/mol. The van der Waals surface area contributed by atoms with Crippen LogP contribution in [-0.4, -0.2) is 80.2 Å². The molecule has 0 spiro atoms. The Labute approximate surface area is 146 Å². The Hall–Kier alpha value is -1.03. The van der Waals surface area contributed by atoms with E-state index >= 15 is 0 Å². The van der Waals surface area contributed by atoms with Crippen LogP contribution < -0.4 is 5.32 Å². The highest BCUT2D eigenvalue weighted by Gasteiger charge is 2.36. The van der Waals surface area contributed by atoms with Gasteiger partial charge in [0.05, 0.1) is 11.8 Å². The van der Waals surface area contributed by atoms with E-state index in [-0.39, 0.29) is 43.0 Å². The molecule has 1 atom stereocenters. The summed E-state index contributed by atoms with van der Waals surface area (Å²) in [7, 11) is -3.05. The third kappa shape index (κ3) is 6.02. The number of hydrogen-bond acceptors (Lipinski definition) is 4. The first-order valence-corrected chi connectivity index (χ1v) is 10.5. The molecule has 0 radical (unpaired) electrons. The van der Waals surface area contributed by atoms with E-state index in [4.69, 9.17) is 0 Å². The molecule has 1 saturated carbocycles. The molecule has 2 rings (SSSR count). The number of carbonyl (C=O) groups is 1. The van der Waals surface area contributed by atoms with Crippen LogP contribution in [0.1, 0.15) is 32.6 Å². The molecule has 0 aromatic carbocycles. The first-order chi connectivity index (χ1) is 11.5. The molecule has 1 aliphatic carbocycles. The summed E-state index contributed by atoms with van der Waals surface area (Å²) in [6.45, 7) is 1.42. The van der Waals surface area contributed by atoms with Gasteiger partial charge in [-0.2, -0.15) is 13.2 Å². The number of alkyl halides is 3. The lowest BCUT2D eigenvalue weighted by atomic mass is 9.95. The molecule has 1 saturated heterocycles. The smallest absolute Gasteiger partial charge is 0.335 e. The number of amides is 2. The Morgan fingerprint density at radius 2 is 1.76 bits per heavy atom. The molecule has 1 N–H and O–H groups in total. The van der Waals surface area contributed by atoms with Gasteiger partial charge in [-0.3, -0.25) is 4.90 Å². The van der Waals surface area contributed by atoms with Crippen molar-refractivity contribution in [2.75, 3.05) is 32.4 Å². The van der Waals surface area contributed by atoms with Gasteiger partial charge >= 0.3 is 12.2 Å². The van der Waals surface area contributed by atoms with E-state index in [9.17, 15) is 26.4 Å². The van der Waals surface area contributed by atoms with E-state index in [0.717, 1.165) is 0 Å². The molecule has 2 amide bonds. The van der Waals surface area contributed by atoms with Gasteiger partial charge in [0.1, 0.15) is 9.84 Å². The van der Waals surface area contributed by atoms with Crippen molar-refractivity contribution >= 4 is 15.9 Å². The average molecular weight is 385 g/mol. The van der Waals surface area contributed by atoms with E-state index < -0.39 is 22.6 Å². The van der Waals surface area contributed by atoms with Crippen molar-refractivity contribution in [1.29, 1.82) is 0 Å². The number of carbonyl (C=O) groups excluding carboxylic acids is 1. The molecule has 10 heteroatoms. The van der Waals surface area contributed by atoms with Gasteiger partial charge in [-0.1, -0.05) is 0 Å². The topological polar surface area (TPSA) is 69.7 Å². The van der Waals surface area contributed by atoms with Gasteiger partial charge in [0.2, 0.25) is 0 Å². The normalized spacial score (nSPS) is 29.5. The van der Waals surface area contributed by atoms with Gasteiger partial charge in [-0.15, -0.1) is 0 Å². The van der Waals surface area contributed by atoms with Crippen LogP contribution >= 0.6 is 0 Å². The van der Waals surface area contributed by atoms with Crippen LogP contribution in [0.25, 0.3) is 0 Å². The van der Waals surface area contributed by atoms with Crippen molar-refractivity contribution in [1.82, 2.24) is 15.1 Å². The van der Waals surface area contributed by atoms with E-state index in [1.165, 1.54) is 11.2 Å². The second kappa shape index (κ2) is 7.69. The summed E-state index contributed by atoms with van der Waals surface area (Å²) in [5.74, 6) is 0. The van der Waals surface area contributed by atoms with E-state index in [1.807, 2.05) is 0 Å². The summed E-state index contributed by atoms with van der Waals surface area (Å²) in [6, 6.07) is -0.711. The van der Waals surface area contributed by atoms with Gasteiger partial charge < -0.3 is 10.2 Å². The van der Waals surface area contributed by atoms with Crippen LogP contribution in [0.2, 0.25) is 0 Å². The Bertz CT molecular complexity index is 574. The maximum absolute atomic E-state index is 12.5. The summed E-state index contributed by atoms with van der Waals surface area (Å²) in [5.41, 5.74) is 0. The van der Waals surface area contributed by atoms with Gasteiger partial charge in [-0.25, -0.2) is 13.2 Å². The summed E-state index contributed by atoms with van der Waals surface area (Å²) in [6.07, 6.45) is -0.742. The lowest BCUT2D eigenvalue weighted by Gasteiger charge is -2.40. The van der Waals surface area contributed by atoms with Crippen LogP contribution in [0.15, 0.2) is 0 Å².